The van der Waals surface area contributed by atoms with E-state index < -0.39 is 17.5 Å². The minimum absolute atomic E-state index is 0.392. The van der Waals surface area contributed by atoms with Gasteiger partial charge in [0.2, 0.25) is 0 Å². The van der Waals surface area contributed by atoms with E-state index in [1.165, 1.54) is 13.8 Å². The van der Waals surface area contributed by atoms with Crippen molar-refractivity contribution in [3.05, 3.63) is 30.3 Å². The second kappa shape index (κ2) is 6.93. The number of hydrogen-bond donors (Lipinski definition) is 2. The number of aliphatic carboxylic acids is 1. The van der Waals surface area contributed by atoms with Gasteiger partial charge < -0.3 is 10.4 Å². The lowest BCUT2D eigenvalue weighted by Gasteiger charge is -2.28. The molecule has 0 bridgehead atoms. The van der Waals surface area contributed by atoms with Crippen LogP contribution in [-0.4, -0.2) is 29.2 Å². The van der Waals surface area contributed by atoms with Crippen molar-refractivity contribution in [2.45, 2.75) is 39.2 Å². The molecule has 0 radical (unpaired) electrons. The number of hydrogen-bond acceptors (Lipinski definition) is 2. The summed E-state index contributed by atoms with van der Waals surface area (Å²) in [6.45, 7) is 5.54. The van der Waals surface area contributed by atoms with E-state index in [-0.39, 0.29) is 0 Å². The fourth-order valence-corrected chi connectivity index (χ4v) is 1.66. The lowest BCUT2D eigenvalue weighted by atomic mass is 10.1. The van der Waals surface area contributed by atoms with Gasteiger partial charge in [0, 0.05) is 12.2 Å². The summed E-state index contributed by atoms with van der Waals surface area (Å²) >= 11 is 0. The topological polar surface area (TPSA) is 69.6 Å². The van der Waals surface area contributed by atoms with E-state index in [0.29, 0.717) is 6.54 Å². The van der Waals surface area contributed by atoms with E-state index >= 15 is 0 Å². The molecule has 5 heteroatoms. The highest BCUT2D eigenvalue weighted by Crippen LogP contribution is 2.15. The molecule has 0 heterocycles. The van der Waals surface area contributed by atoms with Crippen LogP contribution >= 0.6 is 0 Å². The molecule has 1 aromatic rings. The Morgan fingerprint density at radius 1 is 1.25 bits per heavy atom. The lowest BCUT2D eigenvalue weighted by Crippen LogP contribution is -2.54. The highest BCUT2D eigenvalue weighted by molar-refractivity contribution is 5.95. The molecule has 2 N–H and O–H groups in total. The molecule has 0 aliphatic heterocycles. The van der Waals surface area contributed by atoms with E-state index in [2.05, 4.69) is 5.32 Å². The maximum atomic E-state index is 12.3. The van der Waals surface area contributed by atoms with Gasteiger partial charge in [-0.1, -0.05) is 31.5 Å². The van der Waals surface area contributed by atoms with Crippen molar-refractivity contribution in [2.75, 3.05) is 11.4 Å². The average molecular weight is 278 g/mol. The molecule has 0 aliphatic carbocycles. The monoisotopic (exact) mass is 278 g/mol. The summed E-state index contributed by atoms with van der Waals surface area (Å²) in [5, 5.41) is 11.6. The Morgan fingerprint density at radius 3 is 2.35 bits per heavy atom. The minimum Gasteiger partial charge on any atom is -0.480 e. The fourth-order valence-electron chi connectivity index (χ4n) is 1.66. The van der Waals surface area contributed by atoms with Gasteiger partial charge in [0.05, 0.1) is 0 Å². The number of benzene rings is 1. The normalized spacial score (nSPS) is 10.9. The van der Waals surface area contributed by atoms with E-state index in [0.717, 1.165) is 18.5 Å². The molecule has 0 aromatic heterocycles. The average Bonchev–Trinajstić information content (AvgIpc) is 2.39. The Kier molecular flexibility index (Phi) is 5.55. The zero-order valence-electron chi connectivity index (χ0n) is 12.2. The van der Waals surface area contributed by atoms with E-state index in [9.17, 15) is 9.59 Å². The zero-order chi connectivity index (χ0) is 15.2. The summed E-state index contributed by atoms with van der Waals surface area (Å²) in [4.78, 5) is 25.0. The molecule has 0 saturated carbocycles. The van der Waals surface area contributed by atoms with E-state index in [1.54, 1.807) is 4.90 Å². The molecule has 1 rings (SSSR count). The van der Waals surface area contributed by atoms with Crippen LogP contribution in [0.1, 0.15) is 33.6 Å². The number of anilines is 1. The van der Waals surface area contributed by atoms with Gasteiger partial charge in [0.1, 0.15) is 5.54 Å². The maximum absolute atomic E-state index is 12.3. The molecule has 0 fully saturated rings. The van der Waals surface area contributed by atoms with Gasteiger partial charge >= 0.3 is 12.0 Å². The van der Waals surface area contributed by atoms with Gasteiger partial charge in [-0.25, -0.2) is 9.59 Å². The summed E-state index contributed by atoms with van der Waals surface area (Å²) in [5.74, 6) is -1.06. The van der Waals surface area contributed by atoms with Crippen LogP contribution in [0.25, 0.3) is 0 Å². The maximum Gasteiger partial charge on any atom is 0.328 e. The number of carboxylic acids is 1. The molecule has 110 valence electrons. The summed E-state index contributed by atoms with van der Waals surface area (Å²) in [7, 11) is 0. The van der Waals surface area contributed by atoms with Gasteiger partial charge in [-0.3, -0.25) is 4.90 Å². The Balaban J connectivity index is 2.89. The van der Waals surface area contributed by atoms with Gasteiger partial charge in [0.15, 0.2) is 0 Å². The largest absolute Gasteiger partial charge is 0.480 e. The third-order valence-corrected chi connectivity index (χ3v) is 3.00. The molecular weight excluding hydrogens is 256 g/mol. The summed E-state index contributed by atoms with van der Waals surface area (Å²) in [5.41, 5.74) is -0.532. The summed E-state index contributed by atoms with van der Waals surface area (Å²) in [6, 6.07) is 8.86. The van der Waals surface area contributed by atoms with Crippen molar-refractivity contribution in [1.82, 2.24) is 5.32 Å². The van der Waals surface area contributed by atoms with Crippen LogP contribution in [0.2, 0.25) is 0 Å². The van der Waals surface area contributed by atoms with E-state index in [1.807, 2.05) is 37.3 Å². The molecule has 0 spiro atoms. The first-order chi connectivity index (χ1) is 9.38. The van der Waals surface area contributed by atoms with Gasteiger partial charge in [-0.15, -0.1) is 0 Å². The Labute approximate surface area is 119 Å². The number of nitrogens with one attached hydrogen (secondary N) is 1. The first-order valence-corrected chi connectivity index (χ1v) is 6.76. The predicted molar refractivity (Wildman–Crippen MR) is 78.9 cm³/mol. The Hall–Kier alpha value is -2.04. The van der Waals surface area contributed by atoms with Crippen LogP contribution in [0.3, 0.4) is 0 Å². The first kappa shape index (κ1) is 16.0. The number of urea groups is 1. The molecule has 0 aliphatic rings. The van der Waals surface area contributed by atoms with Crippen molar-refractivity contribution in [1.29, 1.82) is 0 Å². The van der Waals surface area contributed by atoms with Crippen LogP contribution in [0.5, 0.6) is 0 Å². The number of carboxylic acid groups (broad SMARTS) is 1. The number of rotatable bonds is 6. The Morgan fingerprint density at radius 2 is 1.85 bits per heavy atom. The molecule has 20 heavy (non-hydrogen) atoms. The summed E-state index contributed by atoms with van der Waals surface area (Å²) < 4.78 is 0. The van der Waals surface area contributed by atoms with Gasteiger partial charge in [-0.2, -0.15) is 0 Å². The number of nitrogens with zero attached hydrogens (tertiary/aromatic N) is 1. The standard InChI is InChI=1S/C15H22N2O3/c1-4-5-11-17(12-9-7-6-8-10-12)14(20)16-15(2,3)13(18)19/h6-10H,4-5,11H2,1-3H3,(H,16,20)(H,18,19). The molecule has 0 unspecified atom stereocenters. The number of amides is 2. The smallest absolute Gasteiger partial charge is 0.328 e. The van der Waals surface area contributed by atoms with Crippen LogP contribution in [0.15, 0.2) is 30.3 Å². The summed E-state index contributed by atoms with van der Waals surface area (Å²) in [6.07, 6.45) is 1.81. The molecule has 0 atom stereocenters. The number of carbonyl (C=O) groups is 2. The van der Waals surface area contributed by atoms with Gasteiger partial charge in [0.25, 0.3) is 0 Å². The second-order valence-corrected chi connectivity index (χ2v) is 5.20. The van der Waals surface area contributed by atoms with Crippen molar-refractivity contribution in [3.63, 3.8) is 0 Å². The number of carbonyl (C=O) groups excluding carboxylic acids is 1. The van der Waals surface area contributed by atoms with E-state index in [4.69, 9.17) is 5.11 Å². The quantitative estimate of drug-likeness (QED) is 0.840. The molecule has 0 saturated heterocycles. The predicted octanol–water partition coefficient (Wildman–Crippen LogP) is 2.87. The second-order valence-electron chi connectivity index (χ2n) is 5.20. The number of para-hydroxylation sites is 1. The third kappa shape index (κ3) is 4.26. The van der Waals surface area contributed by atoms with Crippen LogP contribution in [0.4, 0.5) is 10.5 Å². The SMILES string of the molecule is CCCCN(C(=O)NC(C)(C)C(=O)O)c1ccccc1. The number of unbranched alkanes of at least 4 members (excludes halogenated alkanes) is 1. The Bertz CT molecular complexity index is 457. The first-order valence-electron chi connectivity index (χ1n) is 6.76. The van der Waals surface area contributed by atoms with Crippen molar-refractivity contribution in [3.8, 4) is 0 Å². The highest BCUT2D eigenvalue weighted by atomic mass is 16.4. The zero-order valence-corrected chi connectivity index (χ0v) is 12.2. The van der Waals surface area contributed by atoms with Crippen molar-refractivity contribution in [2.24, 2.45) is 0 Å². The van der Waals surface area contributed by atoms with Crippen molar-refractivity contribution >= 4 is 17.7 Å². The minimum atomic E-state index is -1.30. The molecule has 5 nitrogen and oxygen atoms in total. The molecule has 2 amide bonds. The van der Waals surface area contributed by atoms with Crippen LogP contribution in [-0.2, 0) is 4.79 Å². The fraction of sp³-hybridized carbons (Fsp3) is 0.467. The third-order valence-electron chi connectivity index (χ3n) is 3.00. The molecular formula is C15H22N2O3. The van der Waals surface area contributed by atoms with Crippen molar-refractivity contribution < 1.29 is 14.7 Å². The van der Waals surface area contributed by atoms with Gasteiger partial charge in [-0.05, 0) is 32.4 Å². The molecule has 1 aromatic carbocycles. The lowest BCUT2D eigenvalue weighted by molar-refractivity contribution is -0.142. The van der Waals surface area contributed by atoms with Crippen LogP contribution in [0, 0.1) is 0 Å². The van der Waals surface area contributed by atoms with Crippen LogP contribution < -0.4 is 10.2 Å². The highest BCUT2D eigenvalue weighted by Gasteiger charge is 2.31.